The van der Waals surface area contributed by atoms with Crippen molar-refractivity contribution >= 4 is 11.8 Å². The lowest BCUT2D eigenvalue weighted by Gasteiger charge is -2.29. The summed E-state index contributed by atoms with van der Waals surface area (Å²) in [5, 5.41) is 5.73. The molecule has 88 valence electrons. The summed E-state index contributed by atoms with van der Waals surface area (Å²) in [4.78, 5) is 22.1. The van der Waals surface area contributed by atoms with Gasteiger partial charge in [-0.05, 0) is 37.8 Å². The molecule has 0 radical (unpaired) electrons. The number of carbonyl (C=O) groups excluding carboxylic acids is 2. The molecule has 1 rings (SSSR count). The Bertz CT molecular complexity index is 261. The van der Waals surface area contributed by atoms with Crippen LogP contribution in [0, 0.1) is 0 Å². The Morgan fingerprint density at radius 2 is 1.19 bits per heavy atom. The van der Waals surface area contributed by atoms with E-state index in [9.17, 15) is 9.59 Å². The molecule has 0 aromatic carbocycles. The normalized spacial score (nSPS) is 24.2. The minimum atomic E-state index is -0.126. The van der Waals surface area contributed by atoms with E-state index in [4.69, 9.17) is 0 Å². The van der Waals surface area contributed by atoms with Crippen LogP contribution >= 0.6 is 0 Å². The summed E-state index contributed by atoms with van der Waals surface area (Å²) in [5.74, 6) is -0.253. The first-order valence-electron chi connectivity index (χ1n) is 5.51. The van der Waals surface area contributed by atoms with E-state index in [2.05, 4.69) is 23.8 Å². The SMILES string of the molecule is C=CC(=O)NC1CCC(NC(=O)C=C)CC1. The highest BCUT2D eigenvalue weighted by molar-refractivity contribution is 5.87. The summed E-state index contributed by atoms with van der Waals surface area (Å²) in [6.07, 6.45) is 6.13. The molecule has 0 atom stereocenters. The van der Waals surface area contributed by atoms with Crippen molar-refractivity contribution in [2.45, 2.75) is 37.8 Å². The van der Waals surface area contributed by atoms with Gasteiger partial charge in [-0.3, -0.25) is 9.59 Å². The Morgan fingerprint density at radius 3 is 1.44 bits per heavy atom. The van der Waals surface area contributed by atoms with Gasteiger partial charge < -0.3 is 10.6 Å². The van der Waals surface area contributed by atoms with E-state index >= 15 is 0 Å². The molecule has 0 bridgehead atoms. The van der Waals surface area contributed by atoms with E-state index < -0.39 is 0 Å². The molecule has 2 N–H and O–H groups in total. The van der Waals surface area contributed by atoms with Crippen LogP contribution in [0.25, 0.3) is 0 Å². The fourth-order valence-electron chi connectivity index (χ4n) is 1.90. The molecule has 0 aliphatic heterocycles. The summed E-state index contributed by atoms with van der Waals surface area (Å²) < 4.78 is 0. The Balaban J connectivity index is 2.28. The van der Waals surface area contributed by atoms with Crippen LogP contribution in [0.5, 0.6) is 0 Å². The maximum absolute atomic E-state index is 11.1. The van der Waals surface area contributed by atoms with E-state index in [-0.39, 0.29) is 23.9 Å². The molecule has 0 heterocycles. The van der Waals surface area contributed by atoms with Crippen LogP contribution < -0.4 is 10.6 Å². The third-order valence-electron chi connectivity index (χ3n) is 2.79. The highest BCUT2D eigenvalue weighted by Gasteiger charge is 2.22. The Kier molecular flexibility index (Phi) is 4.76. The van der Waals surface area contributed by atoms with Crippen molar-refractivity contribution in [2.24, 2.45) is 0 Å². The topological polar surface area (TPSA) is 58.2 Å². The van der Waals surface area contributed by atoms with Gasteiger partial charge >= 0.3 is 0 Å². The molecular weight excluding hydrogens is 204 g/mol. The van der Waals surface area contributed by atoms with E-state index in [1.807, 2.05) is 0 Å². The molecule has 1 aliphatic rings. The molecule has 4 heteroatoms. The van der Waals surface area contributed by atoms with Crippen LogP contribution in [0.2, 0.25) is 0 Å². The molecule has 0 saturated heterocycles. The Morgan fingerprint density at radius 1 is 0.875 bits per heavy atom. The molecule has 16 heavy (non-hydrogen) atoms. The van der Waals surface area contributed by atoms with Gasteiger partial charge in [0.25, 0.3) is 0 Å². The predicted molar refractivity (Wildman–Crippen MR) is 62.7 cm³/mol. The van der Waals surface area contributed by atoms with Crippen LogP contribution in [-0.2, 0) is 9.59 Å². The fourth-order valence-corrected chi connectivity index (χ4v) is 1.90. The lowest BCUT2D eigenvalue weighted by molar-refractivity contribution is -0.119. The largest absolute Gasteiger partial charge is 0.350 e. The summed E-state index contributed by atoms with van der Waals surface area (Å²) in [6.45, 7) is 6.82. The average molecular weight is 222 g/mol. The summed E-state index contributed by atoms with van der Waals surface area (Å²) >= 11 is 0. The standard InChI is InChI=1S/C12H18N2O2/c1-3-11(15)13-9-5-7-10(8-6-9)14-12(16)4-2/h3-4,9-10H,1-2,5-8H2,(H,13,15)(H,14,16). The molecule has 0 unspecified atom stereocenters. The number of carbonyl (C=O) groups is 2. The molecule has 1 aliphatic carbocycles. The summed E-state index contributed by atoms with van der Waals surface area (Å²) in [5.41, 5.74) is 0. The first kappa shape index (κ1) is 12.5. The maximum atomic E-state index is 11.1. The van der Waals surface area contributed by atoms with Gasteiger partial charge in [-0.25, -0.2) is 0 Å². The highest BCUT2D eigenvalue weighted by Crippen LogP contribution is 2.18. The number of nitrogens with one attached hydrogen (secondary N) is 2. The Labute approximate surface area is 95.8 Å². The van der Waals surface area contributed by atoms with Crippen molar-refractivity contribution < 1.29 is 9.59 Å². The third-order valence-corrected chi connectivity index (χ3v) is 2.79. The van der Waals surface area contributed by atoms with Crippen LogP contribution in [0.15, 0.2) is 25.3 Å². The Hall–Kier alpha value is -1.58. The number of hydrogen-bond donors (Lipinski definition) is 2. The van der Waals surface area contributed by atoms with Crippen LogP contribution in [0.4, 0.5) is 0 Å². The highest BCUT2D eigenvalue weighted by atomic mass is 16.2. The van der Waals surface area contributed by atoms with Crippen molar-refractivity contribution in [1.29, 1.82) is 0 Å². The predicted octanol–water partition coefficient (Wildman–Crippen LogP) is 0.902. The second kappa shape index (κ2) is 6.10. The van der Waals surface area contributed by atoms with Gasteiger partial charge in [0.2, 0.25) is 11.8 Å². The second-order valence-electron chi connectivity index (χ2n) is 3.97. The number of hydrogen-bond acceptors (Lipinski definition) is 2. The zero-order valence-electron chi connectivity index (χ0n) is 9.37. The zero-order chi connectivity index (χ0) is 12.0. The van der Waals surface area contributed by atoms with Gasteiger partial charge in [0.1, 0.15) is 0 Å². The van der Waals surface area contributed by atoms with Crippen molar-refractivity contribution in [3.8, 4) is 0 Å². The minimum absolute atomic E-state index is 0.126. The quantitative estimate of drug-likeness (QED) is 0.694. The van der Waals surface area contributed by atoms with Crippen LogP contribution in [-0.4, -0.2) is 23.9 Å². The van der Waals surface area contributed by atoms with Gasteiger partial charge in [-0.1, -0.05) is 13.2 Å². The van der Waals surface area contributed by atoms with E-state index in [1.165, 1.54) is 12.2 Å². The maximum Gasteiger partial charge on any atom is 0.243 e. The van der Waals surface area contributed by atoms with Gasteiger partial charge in [0.15, 0.2) is 0 Å². The number of rotatable bonds is 4. The van der Waals surface area contributed by atoms with Gasteiger partial charge in [0, 0.05) is 12.1 Å². The molecule has 0 aromatic heterocycles. The van der Waals surface area contributed by atoms with Gasteiger partial charge in [-0.15, -0.1) is 0 Å². The smallest absolute Gasteiger partial charge is 0.243 e. The molecule has 0 aromatic rings. The lowest BCUT2D eigenvalue weighted by Crippen LogP contribution is -2.43. The molecular formula is C12H18N2O2. The zero-order valence-corrected chi connectivity index (χ0v) is 9.37. The van der Waals surface area contributed by atoms with E-state index in [0.717, 1.165) is 25.7 Å². The lowest BCUT2D eigenvalue weighted by atomic mass is 9.91. The molecule has 2 amide bonds. The number of amides is 2. The van der Waals surface area contributed by atoms with Crippen molar-refractivity contribution in [3.63, 3.8) is 0 Å². The first-order valence-corrected chi connectivity index (χ1v) is 5.51. The average Bonchev–Trinajstić information content (AvgIpc) is 2.31. The second-order valence-corrected chi connectivity index (χ2v) is 3.97. The summed E-state index contributed by atoms with van der Waals surface area (Å²) in [7, 11) is 0. The molecule has 4 nitrogen and oxygen atoms in total. The van der Waals surface area contributed by atoms with Crippen molar-refractivity contribution in [2.75, 3.05) is 0 Å². The monoisotopic (exact) mass is 222 g/mol. The molecule has 1 fully saturated rings. The van der Waals surface area contributed by atoms with Crippen molar-refractivity contribution in [3.05, 3.63) is 25.3 Å². The fraction of sp³-hybridized carbons (Fsp3) is 0.500. The van der Waals surface area contributed by atoms with Gasteiger partial charge in [0.05, 0.1) is 0 Å². The van der Waals surface area contributed by atoms with Crippen molar-refractivity contribution in [1.82, 2.24) is 10.6 Å². The van der Waals surface area contributed by atoms with E-state index in [1.54, 1.807) is 0 Å². The van der Waals surface area contributed by atoms with E-state index in [0.29, 0.717) is 0 Å². The van der Waals surface area contributed by atoms with Crippen LogP contribution in [0.3, 0.4) is 0 Å². The molecule has 0 spiro atoms. The first-order chi connectivity index (χ1) is 7.65. The minimum Gasteiger partial charge on any atom is -0.350 e. The van der Waals surface area contributed by atoms with Gasteiger partial charge in [-0.2, -0.15) is 0 Å². The third kappa shape index (κ3) is 3.88. The summed E-state index contributed by atoms with van der Waals surface area (Å²) in [6, 6.07) is 0.421. The van der Waals surface area contributed by atoms with Crippen LogP contribution in [0.1, 0.15) is 25.7 Å². The molecule has 1 saturated carbocycles.